The predicted octanol–water partition coefficient (Wildman–Crippen LogP) is 9.64. The van der Waals surface area contributed by atoms with Crippen LogP contribution in [-0.4, -0.2) is 16.8 Å². The molecule has 0 amide bonds. The topological polar surface area (TPSA) is 49.7 Å². The number of rotatable bonds is 22. The van der Waals surface area contributed by atoms with Crippen LogP contribution >= 0.6 is 0 Å². The third kappa shape index (κ3) is 13.2. The zero-order valence-corrected chi connectivity index (χ0v) is 22.2. The molecule has 0 aliphatic carbocycles. The van der Waals surface area contributed by atoms with Crippen LogP contribution in [0.3, 0.4) is 0 Å². The normalized spacial score (nSPS) is 11.2. The van der Waals surface area contributed by atoms with Crippen molar-refractivity contribution < 1.29 is 14.9 Å². The van der Waals surface area contributed by atoms with Gasteiger partial charge in [0.1, 0.15) is 5.75 Å². The number of aromatic hydroxyl groups is 2. The summed E-state index contributed by atoms with van der Waals surface area (Å²) in [4.78, 5) is 0. The highest BCUT2D eigenvalue weighted by atomic mass is 16.5. The third-order valence-corrected chi connectivity index (χ3v) is 6.77. The fourth-order valence-electron chi connectivity index (χ4n) is 4.63. The highest BCUT2D eigenvalue weighted by molar-refractivity contribution is 5.56. The monoisotopic (exact) mass is 462 g/mol. The van der Waals surface area contributed by atoms with Crippen molar-refractivity contribution in [3.05, 3.63) is 17.2 Å². The molecule has 0 unspecified atom stereocenters. The van der Waals surface area contributed by atoms with Gasteiger partial charge >= 0.3 is 0 Å². The number of hydrogen-bond donors (Lipinski definition) is 2. The van der Waals surface area contributed by atoms with E-state index in [1.807, 2.05) is 0 Å². The Morgan fingerprint density at radius 1 is 0.545 bits per heavy atom. The Kier molecular flexibility index (Phi) is 18.0. The van der Waals surface area contributed by atoms with Gasteiger partial charge in [0.2, 0.25) is 0 Å². The molecule has 0 fully saturated rings. The zero-order chi connectivity index (χ0) is 24.2. The fourth-order valence-corrected chi connectivity index (χ4v) is 4.63. The number of unbranched alkanes of at least 4 members (excludes halogenated alkanes) is 15. The highest BCUT2D eigenvalue weighted by Gasteiger charge is 2.18. The first-order valence-corrected chi connectivity index (χ1v) is 14.3. The van der Waals surface area contributed by atoms with E-state index in [2.05, 4.69) is 20.8 Å². The standard InChI is InChI=1S/C30H54O3/c1-4-7-10-13-14-15-18-21-24-33-29-25-28(31)30(32)27(23-20-17-12-9-6-3)26(29)22-19-16-11-8-5-2/h25,31-32H,4-24H2,1-3H3. The number of benzene rings is 1. The average Bonchev–Trinajstić information content (AvgIpc) is 2.81. The molecule has 0 spiro atoms. The van der Waals surface area contributed by atoms with Gasteiger partial charge in [0.15, 0.2) is 11.5 Å². The summed E-state index contributed by atoms with van der Waals surface area (Å²) >= 11 is 0. The van der Waals surface area contributed by atoms with Gasteiger partial charge in [-0.2, -0.15) is 0 Å². The van der Waals surface area contributed by atoms with Gasteiger partial charge in [-0.15, -0.1) is 0 Å². The average molecular weight is 463 g/mol. The van der Waals surface area contributed by atoms with Gasteiger partial charge in [-0.25, -0.2) is 0 Å². The minimum absolute atomic E-state index is 0.0285. The molecule has 3 heteroatoms. The van der Waals surface area contributed by atoms with Crippen LogP contribution in [0.5, 0.6) is 17.2 Å². The molecule has 0 heterocycles. The summed E-state index contributed by atoms with van der Waals surface area (Å²) in [5.74, 6) is 0.847. The third-order valence-electron chi connectivity index (χ3n) is 6.77. The van der Waals surface area contributed by atoms with E-state index in [1.165, 1.54) is 96.3 Å². The Hall–Kier alpha value is -1.38. The van der Waals surface area contributed by atoms with Crippen molar-refractivity contribution in [3.63, 3.8) is 0 Å². The molecule has 0 saturated heterocycles. The van der Waals surface area contributed by atoms with Crippen molar-refractivity contribution in [1.29, 1.82) is 0 Å². The van der Waals surface area contributed by atoms with Gasteiger partial charge < -0.3 is 14.9 Å². The first-order valence-electron chi connectivity index (χ1n) is 14.3. The van der Waals surface area contributed by atoms with Crippen LogP contribution < -0.4 is 4.74 Å². The van der Waals surface area contributed by atoms with Crippen LogP contribution in [0.4, 0.5) is 0 Å². The van der Waals surface area contributed by atoms with Crippen LogP contribution in [0.25, 0.3) is 0 Å². The van der Waals surface area contributed by atoms with Gasteiger partial charge in [0.05, 0.1) is 6.61 Å². The lowest BCUT2D eigenvalue weighted by atomic mass is 9.94. The van der Waals surface area contributed by atoms with Crippen LogP contribution in [-0.2, 0) is 12.8 Å². The number of phenols is 2. The largest absolute Gasteiger partial charge is 0.504 e. The molecule has 2 N–H and O–H groups in total. The molecule has 192 valence electrons. The lowest BCUT2D eigenvalue weighted by molar-refractivity contribution is 0.296. The van der Waals surface area contributed by atoms with E-state index < -0.39 is 0 Å². The van der Waals surface area contributed by atoms with E-state index in [-0.39, 0.29) is 11.5 Å². The molecule has 0 aliphatic rings. The van der Waals surface area contributed by atoms with Crippen LogP contribution in [0.1, 0.15) is 147 Å². The Bertz CT molecular complexity index is 597. The van der Waals surface area contributed by atoms with Crippen LogP contribution in [0.15, 0.2) is 6.07 Å². The summed E-state index contributed by atoms with van der Waals surface area (Å²) in [6.07, 6.45) is 24.1. The van der Waals surface area contributed by atoms with E-state index in [4.69, 9.17) is 4.74 Å². The summed E-state index contributed by atoms with van der Waals surface area (Å²) in [5.41, 5.74) is 2.06. The molecular weight excluding hydrogens is 408 g/mol. The van der Waals surface area contributed by atoms with Gasteiger partial charge in [-0.05, 0) is 32.1 Å². The molecule has 1 aromatic carbocycles. The summed E-state index contributed by atoms with van der Waals surface area (Å²) < 4.78 is 6.21. The molecular formula is C30H54O3. The lowest BCUT2D eigenvalue weighted by Gasteiger charge is -2.18. The van der Waals surface area contributed by atoms with E-state index in [1.54, 1.807) is 6.07 Å². The predicted molar refractivity (Wildman–Crippen MR) is 143 cm³/mol. The molecule has 0 aromatic heterocycles. The fraction of sp³-hybridized carbons (Fsp3) is 0.800. The molecule has 1 aromatic rings. The van der Waals surface area contributed by atoms with Crippen molar-refractivity contribution in [2.75, 3.05) is 6.61 Å². The maximum Gasteiger partial charge on any atom is 0.161 e. The Morgan fingerprint density at radius 3 is 1.48 bits per heavy atom. The zero-order valence-electron chi connectivity index (χ0n) is 22.2. The second kappa shape index (κ2) is 20.0. The molecule has 0 bridgehead atoms. The molecule has 0 radical (unpaired) electrons. The van der Waals surface area contributed by atoms with Crippen molar-refractivity contribution in [2.24, 2.45) is 0 Å². The Morgan fingerprint density at radius 2 is 0.970 bits per heavy atom. The van der Waals surface area contributed by atoms with Crippen molar-refractivity contribution >= 4 is 0 Å². The molecule has 1 rings (SSSR count). The minimum atomic E-state index is -0.0285. The second-order valence-electron chi connectivity index (χ2n) is 9.85. The lowest BCUT2D eigenvalue weighted by Crippen LogP contribution is -2.05. The van der Waals surface area contributed by atoms with E-state index >= 15 is 0 Å². The molecule has 0 aliphatic heterocycles. The van der Waals surface area contributed by atoms with Crippen molar-refractivity contribution in [1.82, 2.24) is 0 Å². The second-order valence-corrected chi connectivity index (χ2v) is 9.85. The summed E-state index contributed by atoms with van der Waals surface area (Å²) in [6, 6.07) is 1.65. The van der Waals surface area contributed by atoms with E-state index in [0.717, 1.165) is 49.0 Å². The van der Waals surface area contributed by atoms with Crippen molar-refractivity contribution in [2.45, 2.75) is 149 Å². The summed E-state index contributed by atoms with van der Waals surface area (Å²) in [5, 5.41) is 21.1. The molecule has 3 nitrogen and oxygen atoms in total. The molecule has 33 heavy (non-hydrogen) atoms. The van der Waals surface area contributed by atoms with E-state index in [9.17, 15) is 10.2 Å². The Balaban J connectivity index is 2.69. The Labute approximate surface area is 205 Å². The first-order chi connectivity index (χ1) is 16.2. The highest BCUT2D eigenvalue weighted by Crippen LogP contribution is 2.40. The van der Waals surface area contributed by atoms with E-state index in [0.29, 0.717) is 6.61 Å². The molecule has 0 saturated carbocycles. The first kappa shape index (κ1) is 29.7. The van der Waals surface area contributed by atoms with Crippen LogP contribution in [0, 0.1) is 0 Å². The summed E-state index contributed by atoms with van der Waals surface area (Å²) in [6.45, 7) is 7.42. The van der Waals surface area contributed by atoms with Crippen LogP contribution in [0.2, 0.25) is 0 Å². The number of hydrogen-bond acceptors (Lipinski definition) is 3. The SMILES string of the molecule is CCCCCCCCCCOc1cc(O)c(O)c(CCCCCCC)c1CCCCCCC. The quantitative estimate of drug-likeness (QED) is 0.133. The maximum atomic E-state index is 10.7. The summed E-state index contributed by atoms with van der Waals surface area (Å²) in [7, 11) is 0. The minimum Gasteiger partial charge on any atom is -0.504 e. The van der Waals surface area contributed by atoms with Gasteiger partial charge in [0.25, 0.3) is 0 Å². The maximum absolute atomic E-state index is 10.7. The van der Waals surface area contributed by atoms with Gasteiger partial charge in [-0.3, -0.25) is 0 Å². The smallest absolute Gasteiger partial charge is 0.161 e. The molecule has 0 atom stereocenters. The van der Waals surface area contributed by atoms with Gasteiger partial charge in [-0.1, -0.05) is 117 Å². The number of phenolic OH excluding ortho intramolecular Hbond substituents is 2. The number of ether oxygens (including phenoxy) is 1. The van der Waals surface area contributed by atoms with Gasteiger partial charge in [0, 0.05) is 17.2 Å². The van der Waals surface area contributed by atoms with Crippen molar-refractivity contribution in [3.8, 4) is 17.2 Å².